The summed E-state index contributed by atoms with van der Waals surface area (Å²) in [6, 6.07) is 2.96. The Morgan fingerprint density at radius 2 is 1.90 bits per heavy atom. The summed E-state index contributed by atoms with van der Waals surface area (Å²) >= 11 is 0. The molecular weight excluding hydrogens is 501 g/mol. The maximum absolute atomic E-state index is 12.7. The van der Waals surface area contributed by atoms with Crippen LogP contribution in [0.5, 0.6) is 17.2 Å². The molecule has 0 unspecified atom stereocenters. The largest absolute Gasteiger partial charge is 0.454 e. The Labute approximate surface area is 185 Å². The molecule has 0 aromatic heterocycles. The molecule has 0 saturated heterocycles. The van der Waals surface area contributed by atoms with Gasteiger partial charge in [-0.3, -0.25) is 9.79 Å². The maximum atomic E-state index is 12.7. The van der Waals surface area contributed by atoms with E-state index >= 15 is 0 Å². The highest BCUT2D eigenvalue weighted by atomic mass is 127. The van der Waals surface area contributed by atoms with Gasteiger partial charge in [-0.05, 0) is 26.8 Å². The number of amides is 1. The molecule has 3 N–H and O–H groups in total. The summed E-state index contributed by atoms with van der Waals surface area (Å²) in [6.07, 6.45) is 0. The van der Waals surface area contributed by atoms with E-state index in [2.05, 4.69) is 25.7 Å². The third kappa shape index (κ3) is 7.05. The first-order valence-corrected chi connectivity index (χ1v) is 8.87. The summed E-state index contributed by atoms with van der Waals surface area (Å²) in [5, 5.41) is 8.87. The molecule has 1 aliphatic heterocycles. The van der Waals surface area contributed by atoms with Crippen LogP contribution in [-0.4, -0.2) is 45.4 Å². The molecule has 1 heterocycles. The number of aliphatic imine (C=N–C) groups is 1. The number of nitrogens with zero attached hydrogens (tertiary/aromatic N) is 1. The summed E-state index contributed by atoms with van der Waals surface area (Å²) in [7, 11) is 1.57. The molecule has 164 valence electrons. The summed E-state index contributed by atoms with van der Waals surface area (Å²) in [6.45, 7) is 3.57. The maximum Gasteiger partial charge on any atom is 0.387 e. The Kier molecular flexibility index (Phi) is 9.66. The Morgan fingerprint density at radius 3 is 2.48 bits per heavy atom. The normalized spacial score (nSPS) is 13.0. The minimum atomic E-state index is -2.96. The van der Waals surface area contributed by atoms with Crippen LogP contribution in [0.3, 0.4) is 0 Å². The van der Waals surface area contributed by atoms with Crippen LogP contribution in [0.1, 0.15) is 26.3 Å². The van der Waals surface area contributed by atoms with Crippen molar-refractivity contribution in [3.05, 3.63) is 17.7 Å². The first-order chi connectivity index (χ1) is 13.3. The molecule has 0 aliphatic carbocycles. The van der Waals surface area contributed by atoms with Gasteiger partial charge in [-0.25, -0.2) is 0 Å². The molecule has 0 fully saturated rings. The molecule has 0 bridgehead atoms. The molecule has 1 amide bonds. The number of hydrogen-bond acceptors (Lipinski definition) is 5. The van der Waals surface area contributed by atoms with E-state index in [-0.39, 0.29) is 49.0 Å². The van der Waals surface area contributed by atoms with Crippen molar-refractivity contribution in [1.29, 1.82) is 0 Å². The molecule has 0 saturated carbocycles. The molecule has 2 rings (SSSR count). The molecule has 29 heavy (non-hydrogen) atoms. The smallest absolute Gasteiger partial charge is 0.387 e. The lowest BCUT2D eigenvalue weighted by atomic mass is 9.92. The average molecular weight is 528 g/mol. The van der Waals surface area contributed by atoms with Crippen molar-refractivity contribution in [3.8, 4) is 17.2 Å². The van der Waals surface area contributed by atoms with Crippen LogP contribution >= 0.6 is 24.0 Å². The number of fused-ring (bicyclic) bond motifs is 1. The van der Waals surface area contributed by atoms with Gasteiger partial charge >= 0.3 is 6.61 Å². The van der Waals surface area contributed by atoms with Gasteiger partial charge in [-0.15, -0.1) is 24.0 Å². The van der Waals surface area contributed by atoms with Crippen molar-refractivity contribution in [3.63, 3.8) is 0 Å². The Balaban J connectivity index is 0.00000420. The topological polar surface area (TPSA) is 93.2 Å². The van der Waals surface area contributed by atoms with E-state index in [1.54, 1.807) is 13.1 Å². The number of carbonyl (C=O) groups excluding carboxylic acids is 1. The fourth-order valence-electron chi connectivity index (χ4n) is 2.49. The van der Waals surface area contributed by atoms with E-state index < -0.39 is 12.0 Å². The number of nitrogens with one attached hydrogen (secondary N) is 3. The quantitative estimate of drug-likeness (QED) is 0.273. The first kappa shape index (κ1) is 25.0. The van der Waals surface area contributed by atoms with Gasteiger partial charge in [0, 0.05) is 38.3 Å². The number of alkyl halides is 2. The van der Waals surface area contributed by atoms with Gasteiger partial charge in [0.2, 0.25) is 12.7 Å². The lowest BCUT2D eigenvalue weighted by molar-refractivity contribution is -0.128. The molecule has 1 aromatic rings. The zero-order chi connectivity index (χ0) is 20.7. The minimum absolute atomic E-state index is 0. The monoisotopic (exact) mass is 528 g/mol. The lowest BCUT2D eigenvalue weighted by Crippen LogP contribution is -2.47. The second kappa shape index (κ2) is 11.2. The number of hydrogen-bond donors (Lipinski definition) is 3. The van der Waals surface area contributed by atoms with Crippen LogP contribution in [0.2, 0.25) is 0 Å². The Bertz CT molecular complexity index is 732. The Morgan fingerprint density at radius 1 is 1.24 bits per heavy atom. The van der Waals surface area contributed by atoms with Gasteiger partial charge in [0.15, 0.2) is 17.5 Å². The molecular formula is C18H27F2IN4O4. The van der Waals surface area contributed by atoms with Crippen molar-refractivity contribution < 1.29 is 27.8 Å². The molecule has 1 aliphatic rings. The van der Waals surface area contributed by atoms with Crippen LogP contribution in [0.4, 0.5) is 8.78 Å². The van der Waals surface area contributed by atoms with Crippen LogP contribution in [0.15, 0.2) is 17.1 Å². The van der Waals surface area contributed by atoms with Gasteiger partial charge in [0.1, 0.15) is 5.75 Å². The van der Waals surface area contributed by atoms with Crippen LogP contribution in [0, 0.1) is 5.41 Å². The van der Waals surface area contributed by atoms with Gasteiger partial charge in [-0.2, -0.15) is 8.78 Å². The van der Waals surface area contributed by atoms with Gasteiger partial charge in [0.25, 0.3) is 0 Å². The standard InChI is InChI=1S/C18H26F2N4O4.HI/c1-5-22-15(25)18(2,3)9-24-17(21-4)23-8-11-6-13-14(27-10-26-13)7-12(11)28-16(19)20;/h6-7,16H,5,8-10H2,1-4H3,(H,22,25)(H2,21,23,24);1H. The first-order valence-electron chi connectivity index (χ1n) is 8.87. The predicted molar refractivity (Wildman–Crippen MR) is 115 cm³/mol. The zero-order valence-corrected chi connectivity index (χ0v) is 19.1. The third-order valence-corrected chi connectivity index (χ3v) is 4.09. The van der Waals surface area contributed by atoms with Crippen molar-refractivity contribution in [2.75, 3.05) is 26.9 Å². The van der Waals surface area contributed by atoms with Crippen molar-refractivity contribution >= 4 is 35.8 Å². The fourth-order valence-corrected chi connectivity index (χ4v) is 2.49. The molecule has 0 spiro atoms. The number of rotatable bonds is 8. The molecule has 1 aromatic carbocycles. The van der Waals surface area contributed by atoms with E-state index in [9.17, 15) is 13.6 Å². The highest BCUT2D eigenvalue weighted by molar-refractivity contribution is 14.0. The SMILES string of the molecule is CCNC(=O)C(C)(C)CNC(=NC)NCc1cc2c(cc1OC(F)F)OCO2.I. The lowest BCUT2D eigenvalue weighted by Gasteiger charge is -2.25. The predicted octanol–water partition coefficient (Wildman–Crippen LogP) is 2.46. The van der Waals surface area contributed by atoms with Gasteiger partial charge in [0.05, 0.1) is 5.41 Å². The minimum Gasteiger partial charge on any atom is -0.454 e. The van der Waals surface area contributed by atoms with E-state index in [1.807, 2.05) is 20.8 Å². The molecule has 0 radical (unpaired) electrons. The molecule has 11 heteroatoms. The fraction of sp³-hybridized carbons (Fsp3) is 0.556. The third-order valence-electron chi connectivity index (χ3n) is 4.09. The van der Waals surface area contributed by atoms with E-state index in [1.165, 1.54) is 6.07 Å². The second-order valence-corrected chi connectivity index (χ2v) is 6.71. The number of benzene rings is 1. The van der Waals surface area contributed by atoms with E-state index in [0.29, 0.717) is 36.1 Å². The van der Waals surface area contributed by atoms with Gasteiger partial charge < -0.3 is 30.2 Å². The Hall–Kier alpha value is -2.05. The van der Waals surface area contributed by atoms with Crippen LogP contribution < -0.4 is 30.2 Å². The molecule has 0 atom stereocenters. The molecule has 8 nitrogen and oxygen atoms in total. The van der Waals surface area contributed by atoms with Crippen LogP contribution in [-0.2, 0) is 11.3 Å². The second-order valence-electron chi connectivity index (χ2n) is 6.71. The van der Waals surface area contributed by atoms with E-state index in [0.717, 1.165) is 0 Å². The van der Waals surface area contributed by atoms with Crippen molar-refractivity contribution in [2.45, 2.75) is 33.9 Å². The zero-order valence-electron chi connectivity index (χ0n) is 16.8. The number of ether oxygens (including phenoxy) is 3. The number of carbonyl (C=O) groups is 1. The van der Waals surface area contributed by atoms with Crippen molar-refractivity contribution in [2.24, 2.45) is 10.4 Å². The number of guanidine groups is 1. The van der Waals surface area contributed by atoms with Gasteiger partial charge in [-0.1, -0.05) is 0 Å². The summed E-state index contributed by atoms with van der Waals surface area (Å²) < 4.78 is 40.5. The number of halogens is 3. The summed E-state index contributed by atoms with van der Waals surface area (Å²) in [5.74, 6) is 1.13. The highest BCUT2D eigenvalue weighted by Crippen LogP contribution is 2.38. The summed E-state index contributed by atoms with van der Waals surface area (Å²) in [4.78, 5) is 16.2. The average Bonchev–Trinajstić information content (AvgIpc) is 3.08. The highest BCUT2D eigenvalue weighted by Gasteiger charge is 2.27. The summed E-state index contributed by atoms with van der Waals surface area (Å²) in [5.41, 5.74) is -0.202. The van der Waals surface area contributed by atoms with Crippen LogP contribution in [0.25, 0.3) is 0 Å². The van der Waals surface area contributed by atoms with Crippen molar-refractivity contribution in [1.82, 2.24) is 16.0 Å². The van der Waals surface area contributed by atoms with E-state index in [4.69, 9.17) is 9.47 Å².